The van der Waals surface area contributed by atoms with E-state index < -0.39 is 0 Å². The maximum atomic E-state index is 12.4. The number of anilines is 1. The first kappa shape index (κ1) is 18.5. The van der Waals surface area contributed by atoms with Crippen molar-refractivity contribution in [3.05, 3.63) is 89.2 Å². The molecule has 1 amide bonds. The third-order valence-corrected chi connectivity index (χ3v) is 5.24. The monoisotopic (exact) mass is 382 g/mol. The highest BCUT2D eigenvalue weighted by Crippen LogP contribution is 2.25. The second kappa shape index (κ2) is 8.88. The number of carbonyl (C=O) groups is 1. The van der Waals surface area contributed by atoms with Crippen LogP contribution in [0.1, 0.15) is 18.1 Å². The van der Waals surface area contributed by atoms with E-state index in [1.165, 1.54) is 22.9 Å². The van der Waals surface area contributed by atoms with Gasteiger partial charge in [-0.15, -0.1) is 11.8 Å². The van der Waals surface area contributed by atoms with Gasteiger partial charge in [0, 0.05) is 28.0 Å². The van der Waals surface area contributed by atoms with Crippen molar-refractivity contribution in [2.24, 2.45) is 0 Å². The highest BCUT2D eigenvalue weighted by molar-refractivity contribution is 8.00. The Hall–Kier alpha value is -2.30. The van der Waals surface area contributed by atoms with Crippen LogP contribution in [0.3, 0.4) is 0 Å². The fourth-order valence-electron chi connectivity index (χ4n) is 2.46. The Kier molecular flexibility index (Phi) is 6.31. The van der Waals surface area contributed by atoms with Crippen molar-refractivity contribution in [2.75, 3.05) is 5.32 Å². The van der Waals surface area contributed by atoms with Gasteiger partial charge in [-0.2, -0.15) is 0 Å². The van der Waals surface area contributed by atoms with Crippen LogP contribution in [0.4, 0.5) is 5.69 Å². The molecule has 3 aromatic rings. The molecule has 0 radical (unpaired) electrons. The maximum absolute atomic E-state index is 12.4. The molecule has 0 spiro atoms. The minimum absolute atomic E-state index is 0.0215. The average Bonchev–Trinajstić information content (AvgIpc) is 2.66. The fraction of sp³-hybridized carbons (Fsp3) is 0.143. The number of rotatable bonds is 6. The summed E-state index contributed by atoms with van der Waals surface area (Å²) >= 11 is 7.40. The summed E-state index contributed by atoms with van der Waals surface area (Å²) in [6, 6.07) is 19.5. The lowest BCUT2D eigenvalue weighted by Crippen LogP contribution is -2.22. The molecule has 26 heavy (non-hydrogen) atoms. The van der Waals surface area contributed by atoms with Gasteiger partial charge in [-0.05, 0) is 73.0 Å². The van der Waals surface area contributed by atoms with Gasteiger partial charge in [0.1, 0.15) is 0 Å². The van der Waals surface area contributed by atoms with E-state index in [4.69, 9.17) is 11.6 Å². The second-order valence-electron chi connectivity index (χ2n) is 5.93. The zero-order chi connectivity index (χ0) is 18.4. The van der Waals surface area contributed by atoms with Gasteiger partial charge in [-0.1, -0.05) is 23.7 Å². The molecule has 1 aromatic heterocycles. The van der Waals surface area contributed by atoms with E-state index in [2.05, 4.69) is 10.3 Å². The molecule has 0 aliphatic heterocycles. The molecule has 0 aliphatic carbocycles. The molecule has 0 unspecified atom stereocenters. The van der Waals surface area contributed by atoms with Gasteiger partial charge < -0.3 is 5.32 Å². The number of amides is 1. The van der Waals surface area contributed by atoms with Crippen LogP contribution in [0.25, 0.3) is 0 Å². The molecule has 0 fully saturated rings. The zero-order valence-corrected chi connectivity index (χ0v) is 15.9. The fourth-order valence-corrected chi connectivity index (χ4v) is 3.45. The molecule has 1 atom stereocenters. The van der Waals surface area contributed by atoms with Crippen molar-refractivity contribution in [3.63, 3.8) is 0 Å². The number of nitrogens with one attached hydrogen (secondary N) is 1. The quantitative estimate of drug-likeness (QED) is 0.577. The van der Waals surface area contributed by atoms with Crippen LogP contribution in [0.2, 0.25) is 5.02 Å². The third kappa shape index (κ3) is 5.35. The zero-order valence-electron chi connectivity index (χ0n) is 14.4. The van der Waals surface area contributed by atoms with E-state index >= 15 is 0 Å². The number of carbonyl (C=O) groups excluding carboxylic acids is 1. The van der Waals surface area contributed by atoms with Crippen molar-refractivity contribution in [1.82, 2.24) is 4.98 Å². The van der Waals surface area contributed by atoms with E-state index in [1.807, 2.05) is 67.6 Å². The smallest absolute Gasteiger partial charge is 0.237 e. The van der Waals surface area contributed by atoms with Gasteiger partial charge in [0.15, 0.2) is 0 Å². The van der Waals surface area contributed by atoms with Crippen LogP contribution in [-0.2, 0) is 11.2 Å². The largest absolute Gasteiger partial charge is 0.325 e. The minimum Gasteiger partial charge on any atom is -0.325 e. The van der Waals surface area contributed by atoms with Gasteiger partial charge in [0.25, 0.3) is 0 Å². The molecular formula is C21H19ClN2OS. The molecular weight excluding hydrogens is 364 g/mol. The number of pyridine rings is 1. The molecule has 1 N–H and O–H groups in total. The molecule has 3 nitrogen and oxygen atoms in total. The lowest BCUT2D eigenvalue weighted by Gasteiger charge is -2.12. The van der Waals surface area contributed by atoms with Crippen molar-refractivity contribution in [2.45, 2.75) is 23.5 Å². The van der Waals surface area contributed by atoms with E-state index in [9.17, 15) is 4.79 Å². The number of hydrogen-bond donors (Lipinski definition) is 1. The molecule has 3 rings (SSSR count). The number of thioether (sulfide) groups is 1. The van der Waals surface area contributed by atoms with Gasteiger partial charge in [-0.25, -0.2) is 0 Å². The van der Waals surface area contributed by atoms with E-state index in [1.54, 1.807) is 12.4 Å². The Morgan fingerprint density at radius 2 is 1.62 bits per heavy atom. The van der Waals surface area contributed by atoms with Crippen LogP contribution >= 0.6 is 23.4 Å². The number of aromatic nitrogens is 1. The van der Waals surface area contributed by atoms with Crippen LogP contribution < -0.4 is 5.32 Å². The second-order valence-corrected chi connectivity index (χ2v) is 7.78. The Morgan fingerprint density at radius 1 is 1.00 bits per heavy atom. The van der Waals surface area contributed by atoms with Crippen LogP contribution in [-0.4, -0.2) is 16.1 Å². The van der Waals surface area contributed by atoms with Crippen molar-refractivity contribution >= 4 is 35.0 Å². The number of nitrogens with zero attached hydrogens (tertiary/aromatic N) is 1. The molecule has 1 heterocycles. The number of halogens is 1. The molecule has 0 aliphatic rings. The Balaban J connectivity index is 1.56. The highest BCUT2D eigenvalue weighted by Gasteiger charge is 2.14. The number of benzene rings is 2. The SMILES string of the molecule is C[C@@H](Sc1ccc(Cl)cc1)C(=O)Nc1ccc(Cc2ccncc2)cc1. The van der Waals surface area contributed by atoms with Crippen LogP contribution in [0.5, 0.6) is 0 Å². The first-order chi connectivity index (χ1) is 12.6. The molecule has 0 saturated heterocycles. The highest BCUT2D eigenvalue weighted by atomic mass is 35.5. The maximum Gasteiger partial charge on any atom is 0.237 e. The molecule has 5 heteroatoms. The standard InChI is InChI=1S/C21H19ClN2OS/c1-15(26-20-8-4-18(22)5-9-20)21(25)24-19-6-2-16(3-7-19)14-17-10-12-23-13-11-17/h2-13,15H,14H2,1H3,(H,24,25)/t15-/m1/s1. The van der Waals surface area contributed by atoms with E-state index in [-0.39, 0.29) is 11.2 Å². The summed E-state index contributed by atoms with van der Waals surface area (Å²) in [6.07, 6.45) is 4.44. The average molecular weight is 383 g/mol. The van der Waals surface area contributed by atoms with E-state index in [0.717, 1.165) is 17.0 Å². The van der Waals surface area contributed by atoms with Crippen LogP contribution in [0.15, 0.2) is 78.0 Å². The summed E-state index contributed by atoms with van der Waals surface area (Å²) in [4.78, 5) is 17.4. The Morgan fingerprint density at radius 3 is 2.27 bits per heavy atom. The van der Waals surface area contributed by atoms with Crippen LogP contribution in [0, 0.1) is 0 Å². The topological polar surface area (TPSA) is 42.0 Å². The predicted octanol–water partition coefficient (Wildman–Crippen LogP) is 5.45. The summed E-state index contributed by atoms with van der Waals surface area (Å²) in [5.74, 6) is -0.0215. The van der Waals surface area contributed by atoms with Gasteiger partial charge in [-0.3, -0.25) is 9.78 Å². The first-order valence-corrected chi connectivity index (χ1v) is 9.57. The lowest BCUT2D eigenvalue weighted by molar-refractivity contribution is -0.115. The normalized spacial score (nSPS) is 11.8. The molecule has 2 aromatic carbocycles. The van der Waals surface area contributed by atoms with Crippen molar-refractivity contribution in [1.29, 1.82) is 0 Å². The predicted molar refractivity (Wildman–Crippen MR) is 109 cm³/mol. The molecule has 0 saturated carbocycles. The Bertz CT molecular complexity index is 851. The summed E-state index contributed by atoms with van der Waals surface area (Å²) in [7, 11) is 0. The van der Waals surface area contributed by atoms with Gasteiger partial charge >= 0.3 is 0 Å². The molecule has 132 valence electrons. The minimum atomic E-state index is -0.201. The lowest BCUT2D eigenvalue weighted by atomic mass is 10.1. The summed E-state index contributed by atoms with van der Waals surface area (Å²) < 4.78 is 0. The van der Waals surface area contributed by atoms with Crippen molar-refractivity contribution < 1.29 is 4.79 Å². The molecule has 0 bridgehead atoms. The summed E-state index contributed by atoms with van der Waals surface area (Å²) in [6.45, 7) is 1.90. The van der Waals surface area contributed by atoms with Gasteiger partial charge in [0.05, 0.1) is 5.25 Å². The van der Waals surface area contributed by atoms with E-state index in [0.29, 0.717) is 5.02 Å². The summed E-state index contributed by atoms with van der Waals surface area (Å²) in [5.41, 5.74) is 3.21. The van der Waals surface area contributed by atoms with Gasteiger partial charge in [0.2, 0.25) is 5.91 Å². The first-order valence-electron chi connectivity index (χ1n) is 8.31. The summed E-state index contributed by atoms with van der Waals surface area (Å²) in [5, 5.41) is 3.46. The van der Waals surface area contributed by atoms with Crippen molar-refractivity contribution in [3.8, 4) is 0 Å². The Labute approximate surface area is 162 Å². The third-order valence-electron chi connectivity index (χ3n) is 3.87. The number of hydrogen-bond acceptors (Lipinski definition) is 3.